The third-order valence-electron chi connectivity index (χ3n) is 3.21. The first-order valence-electron chi connectivity index (χ1n) is 5.95. The molecular weight excluding hydrogens is 212 g/mol. The summed E-state index contributed by atoms with van der Waals surface area (Å²) in [6.07, 6.45) is 0. The van der Waals surface area contributed by atoms with Gasteiger partial charge in [-0.2, -0.15) is 0 Å². The van der Waals surface area contributed by atoms with Crippen molar-refractivity contribution in [2.75, 3.05) is 19.0 Å². The van der Waals surface area contributed by atoms with Crippen LogP contribution in [0, 0.1) is 20.8 Å². The molecule has 0 amide bonds. The zero-order chi connectivity index (χ0) is 13.2. The Morgan fingerprint density at radius 2 is 1.82 bits per heavy atom. The number of nitrogens with one attached hydrogen (secondary N) is 1. The maximum absolute atomic E-state index is 5.75. The fraction of sp³-hybridized carbons (Fsp3) is 0.571. The highest BCUT2D eigenvalue weighted by Gasteiger charge is 2.18. The van der Waals surface area contributed by atoms with E-state index < -0.39 is 0 Å². The van der Waals surface area contributed by atoms with E-state index in [-0.39, 0.29) is 5.54 Å². The molecule has 0 bridgehead atoms. The number of hydrogen-bond acceptors (Lipinski definition) is 3. The van der Waals surface area contributed by atoms with Crippen molar-refractivity contribution in [3.63, 3.8) is 0 Å². The van der Waals surface area contributed by atoms with Gasteiger partial charge < -0.3 is 15.8 Å². The smallest absolute Gasteiger partial charge is 0.125 e. The lowest BCUT2D eigenvalue weighted by Gasteiger charge is -2.28. The minimum atomic E-state index is -0.0990. The van der Waals surface area contributed by atoms with Crippen molar-refractivity contribution >= 4 is 5.69 Å². The van der Waals surface area contributed by atoms with Crippen LogP contribution >= 0.6 is 0 Å². The van der Waals surface area contributed by atoms with Crippen LogP contribution in [0.25, 0.3) is 0 Å². The van der Waals surface area contributed by atoms with Gasteiger partial charge in [0.15, 0.2) is 0 Å². The number of benzene rings is 1. The van der Waals surface area contributed by atoms with Crippen LogP contribution < -0.4 is 15.8 Å². The molecule has 3 heteroatoms. The number of aryl methyl sites for hydroxylation is 1. The van der Waals surface area contributed by atoms with Gasteiger partial charge in [0.2, 0.25) is 0 Å². The topological polar surface area (TPSA) is 47.3 Å². The molecule has 0 saturated heterocycles. The summed E-state index contributed by atoms with van der Waals surface area (Å²) < 4.78 is 5.42. The third kappa shape index (κ3) is 2.91. The van der Waals surface area contributed by atoms with Crippen LogP contribution in [0.15, 0.2) is 6.07 Å². The van der Waals surface area contributed by atoms with Gasteiger partial charge in [0.05, 0.1) is 7.11 Å². The predicted molar refractivity (Wildman–Crippen MR) is 74.0 cm³/mol. The van der Waals surface area contributed by atoms with Crippen LogP contribution in [-0.2, 0) is 0 Å². The molecule has 1 aromatic carbocycles. The monoisotopic (exact) mass is 236 g/mol. The van der Waals surface area contributed by atoms with Crippen molar-refractivity contribution in [1.29, 1.82) is 0 Å². The van der Waals surface area contributed by atoms with Gasteiger partial charge in [0.1, 0.15) is 5.75 Å². The summed E-state index contributed by atoms with van der Waals surface area (Å²) in [6.45, 7) is 11.0. The molecule has 0 atom stereocenters. The summed E-state index contributed by atoms with van der Waals surface area (Å²) in [5, 5.41) is 3.49. The maximum Gasteiger partial charge on any atom is 0.125 e. The number of anilines is 1. The van der Waals surface area contributed by atoms with Gasteiger partial charge in [-0.25, -0.2) is 0 Å². The van der Waals surface area contributed by atoms with E-state index in [9.17, 15) is 0 Å². The summed E-state index contributed by atoms with van der Waals surface area (Å²) in [7, 11) is 1.71. The largest absolute Gasteiger partial charge is 0.496 e. The third-order valence-corrected chi connectivity index (χ3v) is 3.21. The Morgan fingerprint density at radius 1 is 1.24 bits per heavy atom. The van der Waals surface area contributed by atoms with Crippen LogP contribution in [0.2, 0.25) is 0 Å². The average Bonchev–Trinajstić information content (AvgIpc) is 2.26. The molecule has 0 radical (unpaired) electrons. The zero-order valence-corrected chi connectivity index (χ0v) is 11.8. The fourth-order valence-electron chi connectivity index (χ4n) is 1.92. The molecule has 3 N–H and O–H groups in total. The number of ether oxygens (including phenoxy) is 1. The maximum atomic E-state index is 5.75. The van der Waals surface area contributed by atoms with Gasteiger partial charge in [0, 0.05) is 17.8 Å². The van der Waals surface area contributed by atoms with E-state index in [1.807, 2.05) is 0 Å². The van der Waals surface area contributed by atoms with Gasteiger partial charge in [-0.1, -0.05) is 0 Å². The first-order valence-corrected chi connectivity index (χ1v) is 5.95. The summed E-state index contributed by atoms with van der Waals surface area (Å²) in [5.41, 5.74) is 10.3. The minimum Gasteiger partial charge on any atom is -0.496 e. The molecule has 0 aromatic heterocycles. The molecule has 0 spiro atoms. The quantitative estimate of drug-likeness (QED) is 0.845. The number of methoxy groups -OCH3 is 1. The summed E-state index contributed by atoms with van der Waals surface area (Å²) in [4.78, 5) is 0. The molecule has 1 rings (SSSR count). The van der Waals surface area contributed by atoms with E-state index in [0.29, 0.717) is 6.54 Å². The second-order valence-corrected chi connectivity index (χ2v) is 5.24. The molecule has 0 unspecified atom stereocenters. The van der Waals surface area contributed by atoms with E-state index in [1.54, 1.807) is 7.11 Å². The molecular formula is C14H24N2O. The van der Waals surface area contributed by atoms with Gasteiger partial charge in [0.25, 0.3) is 0 Å². The lowest BCUT2D eigenvalue weighted by atomic mass is 9.99. The van der Waals surface area contributed by atoms with Gasteiger partial charge in [-0.3, -0.25) is 0 Å². The average molecular weight is 236 g/mol. The Morgan fingerprint density at radius 3 is 2.29 bits per heavy atom. The molecule has 0 fully saturated rings. The molecule has 17 heavy (non-hydrogen) atoms. The Kier molecular flexibility index (Phi) is 4.04. The highest BCUT2D eigenvalue weighted by atomic mass is 16.5. The molecule has 0 aliphatic rings. The van der Waals surface area contributed by atoms with E-state index in [0.717, 1.165) is 17.0 Å². The van der Waals surface area contributed by atoms with E-state index in [1.165, 1.54) is 11.1 Å². The van der Waals surface area contributed by atoms with Crippen LogP contribution in [0.4, 0.5) is 5.69 Å². The molecule has 0 aliphatic carbocycles. The standard InChI is InChI=1S/C14H24N2O/c1-9-7-12(16-14(4,5)8-15)10(2)11(3)13(9)17-6/h7,16H,8,15H2,1-6H3. The second-order valence-electron chi connectivity index (χ2n) is 5.24. The highest BCUT2D eigenvalue weighted by Crippen LogP contribution is 2.32. The Bertz CT molecular complexity index is 411. The van der Waals surface area contributed by atoms with Crippen LogP contribution in [0.3, 0.4) is 0 Å². The van der Waals surface area contributed by atoms with Crippen molar-refractivity contribution in [3.8, 4) is 5.75 Å². The molecule has 0 saturated carbocycles. The summed E-state index contributed by atoms with van der Waals surface area (Å²) >= 11 is 0. The number of nitrogens with two attached hydrogens (primary N) is 1. The Labute approximate surface area is 104 Å². The van der Waals surface area contributed by atoms with E-state index in [2.05, 4.69) is 46.0 Å². The number of rotatable bonds is 4. The van der Waals surface area contributed by atoms with Gasteiger partial charge in [-0.15, -0.1) is 0 Å². The van der Waals surface area contributed by atoms with Crippen LogP contribution in [0.1, 0.15) is 30.5 Å². The normalized spacial score (nSPS) is 11.5. The van der Waals surface area contributed by atoms with Crippen molar-refractivity contribution in [2.24, 2.45) is 5.73 Å². The fourth-order valence-corrected chi connectivity index (χ4v) is 1.92. The summed E-state index contributed by atoms with van der Waals surface area (Å²) in [5.74, 6) is 0.971. The molecule has 3 nitrogen and oxygen atoms in total. The first-order chi connectivity index (χ1) is 7.82. The Hall–Kier alpha value is -1.22. The SMILES string of the molecule is COc1c(C)cc(NC(C)(C)CN)c(C)c1C. The van der Waals surface area contributed by atoms with Gasteiger partial charge in [-0.05, 0) is 57.4 Å². The lowest BCUT2D eigenvalue weighted by Crippen LogP contribution is -2.39. The lowest BCUT2D eigenvalue weighted by molar-refractivity contribution is 0.408. The first kappa shape index (κ1) is 13.8. The van der Waals surface area contributed by atoms with Crippen molar-refractivity contribution in [3.05, 3.63) is 22.8 Å². The van der Waals surface area contributed by atoms with E-state index >= 15 is 0 Å². The number of hydrogen-bond donors (Lipinski definition) is 2. The zero-order valence-electron chi connectivity index (χ0n) is 11.8. The molecule has 96 valence electrons. The van der Waals surface area contributed by atoms with Crippen molar-refractivity contribution in [1.82, 2.24) is 0 Å². The van der Waals surface area contributed by atoms with Crippen molar-refractivity contribution < 1.29 is 4.74 Å². The highest BCUT2D eigenvalue weighted by molar-refractivity contribution is 5.62. The van der Waals surface area contributed by atoms with Gasteiger partial charge >= 0.3 is 0 Å². The summed E-state index contributed by atoms with van der Waals surface area (Å²) in [6, 6.07) is 2.12. The molecule has 0 heterocycles. The van der Waals surface area contributed by atoms with Crippen LogP contribution in [0.5, 0.6) is 5.75 Å². The molecule has 1 aromatic rings. The second kappa shape index (κ2) is 4.96. The molecule has 0 aliphatic heterocycles. The van der Waals surface area contributed by atoms with E-state index in [4.69, 9.17) is 10.5 Å². The van der Waals surface area contributed by atoms with Crippen LogP contribution in [-0.4, -0.2) is 19.2 Å². The Balaban J connectivity index is 3.19. The minimum absolute atomic E-state index is 0.0990. The predicted octanol–water partition coefficient (Wildman–Crippen LogP) is 2.77. The van der Waals surface area contributed by atoms with Crippen molar-refractivity contribution in [2.45, 2.75) is 40.2 Å².